The zero-order valence-corrected chi connectivity index (χ0v) is 12.4. The molecule has 1 heterocycles. The fourth-order valence-corrected chi connectivity index (χ4v) is 1.85. The van der Waals surface area contributed by atoms with Crippen LogP contribution in [-0.2, 0) is 9.59 Å². The van der Waals surface area contributed by atoms with Gasteiger partial charge >= 0.3 is 0 Å². The monoisotopic (exact) mass is 299 g/mol. The lowest BCUT2D eigenvalue weighted by atomic mass is 10.2. The summed E-state index contributed by atoms with van der Waals surface area (Å²) in [5.41, 5.74) is 1.24. The maximum Gasteiger partial charge on any atom is 0.243 e. The Morgan fingerprint density at radius 1 is 1.09 bits per heavy atom. The Balaban J connectivity index is 1.96. The predicted molar refractivity (Wildman–Crippen MR) is 84.7 cm³/mol. The molecule has 0 bridgehead atoms. The van der Waals surface area contributed by atoms with Crippen molar-refractivity contribution in [1.29, 1.82) is 0 Å². The molecule has 0 fully saturated rings. The molecule has 1 aromatic heterocycles. The van der Waals surface area contributed by atoms with E-state index in [9.17, 15) is 9.59 Å². The van der Waals surface area contributed by atoms with Crippen LogP contribution in [-0.4, -0.2) is 35.4 Å². The summed E-state index contributed by atoms with van der Waals surface area (Å²) >= 11 is 0. The molecule has 22 heavy (non-hydrogen) atoms. The van der Waals surface area contributed by atoms with Crippen molar-refractivity contribution >= 4 is 29.1 Å². The summed E-state index contributed by atoms with van der Waals surface area (Å²) in [6.07, 6.45) is 3.24. The molecule has 7 nitrogen and oxygen atoms in total. The number of hydrogen-bond acceptors (Lipinski definition) is 5. The van der Waals surface area contributed by atoms with Crippen LogP contribution in [0.4, 0.5) is 17.3 Å². The zero-order chi connectivity index (χ0) is 15.9. The van der Waals surface area contributed by atoms with Crippen LogP contribution >= 0.6 is 0 Å². The molecule has 0 aliphatic heterocycles. The van der Waals surface area contributed by atoms with Gasteiger partial charge in [0.2, 0.25) is 17.8 Å². The highest BCUT2D eigenvalue weighted by Crippen LogP contribution is 2.15. The van der Waals surface area contributed by atoms with Gasteiger partial charge in [-0.05, 0) is 24.3 Å². The van der Waals surface area contributed by atoms with E-state index in [1.54, 1.807) is 54.7 Å². The molecule has 0 unspecified atom stereocenters. The number of hydrogen-bond donors (Lipinski definition) is 2. The number of likely N-dealkylation sites (N-methyl/N-ethyl adjacent to an activating group) is 1. The number of nitrogens with one attached hydrogen (secondary N) is 2. The molecule has 2 N–H and O–H groups in total. The van der Waals surface area contributed by atoms with Gasteiger partial charge in [-0.2, -0.15) is 0 Å². The van der Waals surface area contributed by atoms with Crippen LogP contribution in [0.2, 0.25) is 0 Å². The van der Waals surface area contributed by atoms with Gasteiger partial charge in [-0.25, -0.2) is 9.97 Å². The topological polar surface area (TPSA) is 87.2 Å². The molecule has 2 rings (SSSR count). The maximum atomic E-state index is 12.0. The summed E-state index contributed by atoms with van der Waals surface area (Å²) < 4.78 is 0. The molecule has 0 aliphatic carbocycles. The minimum absolute atomic E-state index is 0.119. The molecular formula is C15H17N5O2. The first kappa shape index (κ1) is 15.4. The normalized spacial score (nSPS) is 9.91. The highest BCUT2D eigenvalue weighted by molar-refractivity contribution is 5.95. The number of rotatable bonds is 5. The van der Waals surface area contributed by atoms with Gasteiger partial charge in [-0.15, -0.1) is 0 Å². The predicted octanol–water partition coefficient (Wildman–Crippen LogP) is 1.51. The summed E-state index contributed by atoms with van der Waals surface area (Å²) in [5, 5.41) is 5.43. The first-order valence-corrected chi connectivity index (χ1v) is 6.70. The van der Waals surface area contributed by atoms with E-state index in [0.717, 1.165) is 0 Å². The lowest BCUT2D eigenvalue weighted by Gasteiger charge is -2.16. The smallest absolute Gasteiger partial charge is 0.243 e. The number of anilines is 3. The quantitative estimate of drug-likeness (QED) is 0.874. The van der Waals surface area contributed by atoms with Gasteiger partial charge < -0.3 is 15.5 Å². The molecule has 0 spiro atoms. The fraction of sp³-hybridized carbons (Fsp3) is 0.200. The van der Waals surface area contributed by atoms with Crippen LogP contribution < -0.4 is 15.5 Å². The zero-order valence-electron chi connectivity index (χ0n) is 12.4. The summed E-state index contributed by atoms with van der Waals surface area (Å²) in [6, 6.07) is 8.66. The molecule has 2 amide bonds. The lowest BCUT2D eigenvalue weighted by molar-refractivity contribution is -0.115. The summed E-state index contributed by atoms with van der Waals surface area (Å²) in [4.78, 5) is 32.9. The standard InChI is InChI=1S/C15H17N5O2/c1-11(21)18-12-5-3-6-13(9-12)19-14(22)10-20(2)15-16-7-4-8-17-15/h3-9H,10H2,1-2H3,(H,18,21)(H,19,22). The van der Waals surface area contributed by atoms with Crippen molar-refractivity contribution < 1.29 is 9.59 Å². The van der Waals surface area contributed by atoms with Gasteiger partial charge in [0.25, 0.3) is 0 Å². The van der Waals surface area contributed by atoms with Crippen molar-refractivity contribution in [2.45, 2.75) is 6.92 Å². The summed E-state index contributed by atoms with van der Waals surface area (Å²) in [5.74, 6) is 0.115. The molecule has 0 radical (unpaired) electrons. The SMILES string of the molecule is CC(=O)Nc1cccc(NC(=O)CN(C)c2ncccn2)c1. The second kappa shape index (κ2) is 7.16. The van der Waals surface area contributed by atoms with E-state index < -0.39 is 0 Å². The molecule has 0 atom stereocenters. The van der Waals surface area contributed by atoms with Gasteiger partial charge in [0.05, 0.1) is 6.54 Å². The van der Waals surface area contributed by atoms with Crippen LogP contribution in [0.3, 0.4) is 0 Å². The Kier molecular flexibility index (Phi) is 5.02. The van der Waals surface area contributed by atoms with Crippen molar-refractivity contribution in [3.8, 4) is 0 Å². The van der Waals surface area contributed by atoms with Crippen LogP contribution in [0, 0.1) is 0 Å². The molecule has 2 aromatic rings. The van der Waals surface area contributed by atoms with Crippen molar-refractivity contribution in [1.82, 2.24) is 9.97 Å². The Morgan fingerprint density at radius 2 is 1.73 bits per heavy atom. The molecule has 0 saturated carbocycles. The Bertz CT molecular complexity index is 660. The molecule has 114 valence electrons. The Labute approximate surface area is 128 Å². The van der Waals surface area contributed by atoms with E-state index in [1.807, 2.05) is 0 Å². The lowest BCUT2D eigenvalue weighted by Crippen LogP contribution is -2.31. The van der Waals surface area contributed by atoms with E-state index in [-0.39, 0.29) is 18.4 Å². The third-order valence-electron chi connectivity index (χ3n) is 2.74. The van der Waals surface area contributed by atoms with E-state index >= 15 is 0 Å². The molecular weight excluding hydrogens is 282 g/mol. The summed E-state index contributed by atoms with van der Waals surface area (Å²) in [6.45, 7) is 1.55. The average molecular weight is 299 g/mol. The first-order valence-electron chi connectivity index (χ1n) is 6.70. The highest BCUT2D eigenvalue weighted by Gasteiger charge is 2.09. The van der Waals surface area contributed by atoms with Gasteiger partial charge in [0.15, 0.2) is 0 Å². The van der Waals surface area contributed by atoms with Gasteiger partial charge in [-0.1, -0.05) is 6.07 Å². The van der Waals surface area contributed by atoms with Crippen LogP contribution in [0.5, 0.6) is 0 Å². The number of carbonyl (C=O) groups excluding carboxylic acids is 2. The second-order valence-electron chi connectivity index (χ2n) is 4.72. The van der Waals surface area contributed by atoms with E-state index in [4.69, 9.17) is 0 Å². The highest BCUT2D eigenvalue weighted by atomic mass is 16.2. The van der Waals surface area contributed by atoms with Crippen molar-refractivity contribution in [2.24, 2.45) is 0 Å². The third-order valence-corrected chi connectivity index (χ3v) is 2.74. The minimum Gasteiger partial charge on any atom is -0.335 e. The molecule has 0 saturated heterocycles. The van der Waals surface area contributed by atoms with Crippen LogP contribution in [0.1, 0.15) is 6.92 Å². The van der Waals surface area contributed by atoms with Crippen LogP contribution in [0.15, 0.2) is 42.7 Å². The minimum atomic E-state index is -0.199. The van der Waals surface area contributed by atoms with Gasteiger partial charge in [0, 0.05) is 37.7 Å². The molecule has 1 aromatic carbocycles. The first-order chi connectivity index (χ1) is 10.5. The number of nitrogens with zero attached hydrogens (tertiary/aromatic N) is 3. The van der Waals surface area contributed by atoms with E-state index in [1.165, 1.54) is 6.92 Å². The maximum absolute atomic E-state index is 12.0. The number of benzene rings is 1. The van der Waals surface area contributed by atoms with Crippen molar-refractivity contribution in [3.05, 3.63) is 42.7 Å². The van der Waals surface area contributed by atoms with Crippen molar-refractivity contribution in [3.63, 3.8) is 0 Å². The number of carbonyl (C=O) groups is 2. The third kappa shape index (κ3) is 4.55. The van der Waals surface area contributed by atoms with Gasteiger partial charge in [-0.3, -0.25) is 9.59 Å². The molecule has 0 aliphatic rings. The van der Waals surface area contributed by atoms with Gasteiger partial charge in [0.1, 0.15) is 0 Å². The Hall–Kier alpha value is -2.96. The molecule has 7 heteroatoms. The summed E-state index contributed by atoms with van der Waals surface area (Å²) in [7, 11) is 1.74. The van der Waals surface area contributed by atoms with Crippen molar-refractivity contribution in [2.75, 3.05) is 29.1 Å². The van der Waals surface area contributed by atoms with Crippen LogP contribution in [0.25, 0.3) is 0 Å². The average Bonchev–Trinajstić information content (AvgIpc) is 2.47. The Morgan fingerprint density at radius 3 is 2.36 bits per heavy atom. The number of amides is 2. The van der Waals surface area contributed by atoms with E-state index in [0.29, 0.717) is 17.3 Å². The number of aromatic nitrogens is 2. The second-order valence-corrected chi connectivity index (χ2v) is 4.72. The largest absolute Gasteiger partial charge is 0.335 e. The van der Waals surface area contributed by atoms with E-state index in [2.05, 4.69) is 20.6 Å². The fourth-order valence-electron chi connectivity index (χ4n) is 1.85.